The van der Waals surface area contributed by atoms with E-state index >= 15 is 0 Å². The molecule has 2 aromatic rings. The predicted octanol–water partition coefficient (Wildman–Crippen LogP) is 2.49. The highest BCUT2D eigenvalue weighted by molar-refractivity contribution is 5.39. The average Bonchev–Trinajstić information content (AvgIpc) is 2.97. The molecule has 1 aromatic carbocycles. The van der Waals surface area contributed by atoms with Crippen LogP contribution in [-0.4, -0.2) is 27.0 Å². The smallest absolute Gasteiger partial charge is 0.124 e. The number of aromatic nitrogens is 2. The van der Waals surface area contributed by atoms with Crippen molar-refractivity contribution in [1.82, 2.24) is 15.1 Å². The fourth-order valence-electron chi connectivity index (χ4n) is 3.66. The summed E-state index contributed by atoms with van der Waals surface area (Å²) in [4.78, 5) is 0. The van der Waals surface area contributed by atoms with Gasteiger partial charge in [-0.2, -0.15) is 5.10 Å². The van der Waals surface area contributed by atoms with Gasteiger partial charge in [0, 0.05) is 43.4 Å². The van der Waals surface area contributed by atoms with Crippen molar-refractivity contribution < 1.29 is 9.84 Å². The van der Waals surface area contributed by atoms with Gasteiger partial charge in [0.15, 0.2) is 0 Å². The van der Waals surface area contributed by atoms with Gasteiger partial charge in [0.25, 0.3) is 0 Å². The van der Waals surface area contributed by atoms with Crippen LogP contribution in [0.5, 0.6) is 5.75 Å². The van der Waals surface area contributed by atoms with E-state index in [-0.39, 0.29) is 11.6 Å². The summed E-state index contributed by atoms with van der Waals surface area (Å²) in [5.41, 5.74) is 2.05. The summed E-state index contributed by atoms with van der Waals surface area (Å²) in [6.07, 6.45) is 7.51. The summed E-state index contributed by atoms with van der Waals surface area (Å²) in [5, 5.41) is 18.0. The van der Waals surface area contributed by atoms with Gasteiger partial charge in [-0.1, -0.05) is 18.2 Å². The van der Waals surface area contributed by atoms with Crippen LogP contribution in [0.4, 0.5) is 0 Å². The quantitative estimate of drug-likeness (QED) is 0.910. The molecular weight excluding hydrogens is 290 g/mol. The highest BCUT2D eigenvalue weighted by atomic mass is 16.5. The number of aryl methyl sites for hydroxylation is 1. The Balaban J connectivity index is 1.49. The Labute approximate surface area is 136 Å². The van der Waals surface area contributed by atoms with Crippen molar-refractivity contribution in [3.63, 3.8) is 0 Å². The minimum atomic E-state index is -0.545. The third-order valence-electron chi connectivity index (χ3n) is 5.13. The Morgan fingerprint density at radius 3 is 2.96 bits per heavy atom. The lowest BCUT2D eigenvalue weighted by Crippen LogP contribution is -2.49. The zero-order valence-electron chi connectivity index (χ0n) is 13.4. The van der Waals surface area contributed by atoms with Crippen LogP contribution in [0, 0.1) is 0 Å². The number of nitrogens with zero attached hydrogens (tertiary/aromatic N) is 2. The minimum Gasteiger partial charge on any atom is -0.487 e. The van der Waals surface area contributed by atoms with Crippen LogP contribution in [0.15, 0.2) is 36.7 Å². The molecule has 2 N–H and O–H groups in total. The molecule has 0 saturated heterocycles. The second kappa shape index (κ2) is 5.65. The molecule has 2 heterocycles. The zero-order valence-corrected chi connectivity index (χ0v) is 13.4. The number of hydrogen-bond acceptors (Lipinski definition) is 4. The van der Waals surface area contributed by atoms with Crippen LogP contribution in [0.2, 0.25) is 0 Å². The first-order valence-electron chi connectivity index (χ1n) is 8.33. The Hall–Kier alpha value is -1.85. The number of ether oxygens (including phenoxy) is 1. The molecule has 23 heavy (non-hydrogen) atoms. The molecule has 0 bridgehead atoms. The number of rotatable bonds is 4. The molecule has 5 heteroatoms. The first-order chi connectivity index (χ1) is 11.2. The summed E-state index contributed by atoms with van der Waals surface area (Å²) < 4.78 is 7.98. The summed E-state index contributed by atoms with van der Waals surface area (Å²) in [6.45, 7) is 0.515. The molecule has 0 unspecified atom stereocenters. The first-order valence-corrected chi connectivity index (χ1v) is 8.33. The SMILES string of the molecule is Cn1cc([C@H](O)CN[C@H]2CC3(CCC3)Oc3ccccc32)cn1. The largest absolute Gasteiger partial charge is 0.487 e. The van der Waals surface area contributed by atoms with Crippen molar-refractivity contribution in [3.8, 4) is 5.75 Å². The second-order valence-corrected chi connectivity index (χ2v) is 6.80. The van der Waals surface area contributed by atoms with E-state index < -0.39 is 6.10 Å². The van der Waals surface area contributed by atoms with Crippen LogP contribution in [-0.2, 0) is 7.05 Å². The van der Waals surface area contributed by atoms with Crippen molar-refractivity contribution in [1.29, 1.82) is 0 Å². The monoisotopic (exact) mass is 313 g/mol. The molecule has 122 valence electrons. The fraction of sp³-hybridized carbons (Fsp3) is 0.500. The predicted molar refractivity (Wildman–Crippen MR) is 87.2 cm³/mol. The van der Waals surface area contributed by atoms with Crippen molar-refractivity contribution in [2.24, 2.45) is 7.05 Å². The van der Waals surface area contributed by atoms with Crippen molar-refractivity contribution in [2.45, 2.75) is 43.4 Å². The topological polar surface area (TPSA) is 59.3 Å². The number of fused-ring (bicyclic) bond motifs is 1. The van der Waals surface area contributed by atoms with E-state index in [1.165, 1.54) is 12.0 Å². The average molecular weight is 313 g/mol. The van der Waals surface area contributed by atoms with Crippen LogP contribution in [0.3, 0.4) is 0 Å². The first kappa shape index (κ1) is 14.7. The molecule has 2 atom stereocenters. The fourth-order valence-corrected chi connectivity index (χ4v) is 3.66. The van der Waals surface area contributed by atoms with Gasteiger partial charge in [-0.15, -0.1) is 0 Å². The molecule has 1 spiro atoms. The molecule has 1 fully saturated rings. The van der Waals surface area contributed by atoms with Gasteiger partial charge in [0.05, 0.1) is 12.3 Å². The van der Waals surface area contributed by atoms with E-state index in [0.29, 0.717) is 6.54 Å². The molecule has 4 rings (SSSR count). The maximum Gasteiger partial charge on any atom is 0.124 e. The van der Waals surface area contributed by atoms with Gasteiger partial charge in [-0.3, -0.25) is 4.68 Å². The van der Waals surface area contributed by atoms with E-state index in [1.54, 1.807) is 10.9 Å². The second-order valence-electron chi connectivity index (χ2n) is 6.80. The lowest BCUT2D eigenvalue weighted by Gasteiger charge is -2.48. The number of hydrogen-bond donors (Lipinski definition) is 2. The van der Waals surface area contributed by atoms with Crippen molar-refractivity contribution in [3.05, 3.63) is 47.8 Å². The third kappa shape index (κ3) is 2.75. The standard InChI is InChI=1S/C18H23N3O2/c1-21-12-13(10-20-21)16(22)11-19-15-9-18(7-4-8-18)23-17-6-3-2-5-14(15)17/h2-3,5-6,10,12,15-16,19,22H,4,7-9,11H2,1H3/t15-,16+/m0/s1. The van der Waals surface area contributed by atoms with E-state index in [9.17, 15) is 5.11 Å². The lowest BCUT2D eigenvalue weighted by atomic mass is 9.73. The van der Waals surface area contributed by atoms with Gasteiger partial charge >= 0.3 is 0 Å². The number of aliphatic hydroxyl groups is 1. The van der Waals surface area contributed by atoms with Crippen molar-refractivity contribution in [2.75, 3.05) is 6.54 Å². The summed E-state index contributed by atoms with van der Waals surface area (Å²) in [7, 11) is 1.86. The summed E-state index contributed by atoms with van der Waals surface area (Å²) >= 11 is 0. The molecule has 2 aliphatic rings. The minimum absolute atomic E-state index is 0.00523. The van der Waals surface area contributed by atoms with Gasteiger partial charge < -0.3 is 15.2 Å². The Morgan fingerprint density at radius 1 is 1.43 bits per heavy atom. The molecule has 1 aliphatic heterocycles. The van der Waals surface area contributed by atoms with Crippen LogP contribution >= 0.6 is 0 Å². The van der Waals surface area contributed by atoms with Gasteiger partial charge in [0.1, 0.15) is 11.4 Å². The lowest BCUT2D eigenvalue weighted by molar-refractivity contribution is -0.0379. The summed E-state index contributed by atoms with van der Waals surface area (Å²) in [6, 6.07) is 8.48. The Morgan fingerprint density at radius 2 is 2.26 bits per heavy atom. The molecule has 1 aliphatic carbocycles. The van der Waals surface area contributed by atoms with E-state index in [4.69, 9.17) is 4.74 Å². The number of para-hydroxylation sites is 1. The number of benzene rings is 1. The van der Waals surface area contributed by atoms with Gasteiger partial charge in [-0.05, 0) is 25.3 Å². The van der Waals surface area contributed by atoms with Crippen LogP contribution in [0.1, 0.15) is 49.0 Å². The molecule has 1 aromatic heterocycles. The number of aliphatic hydroxyl groups excluding tert-OH is 1. The van der Waals surface area contributed by atoms with Crippen molar-refractivity contribution >= 4 is 0 Å². The molecular formula is C18H23N3O2. The zero-order chi connectivity index (χ0) is 15.9. The van der Waals surface area contributed by atoms with E-state index in [0.717, 1.165) is 30.6 Å². The molecule has 0 radical (unpaired) electrons. The number of nitrogens with one attached hydrogen (secondary N) is 1. The maximum atomic E-state index is 10.4. The van der Waals surface area contributed by atoms with Gasteiger partial charge in [-0.25, -0.2) is 0 Å². The highest BCUT2D eigenvalue weighted by Gasteiger charge is 2.45. The van der Waals surface area contributed by atoms with Gasteiger partial charge in [0.2, 0.25) is 0 Å². The maximum absolute atomic E-state index is 10.4. The Kier molecular flexibility index (Phi) is 3.62. The molecule has 5 nitrogen and oxygen atoms in total. The van der Waals surface area contributed by atoms with Crippen LogP contribution in [0.25, 0.3) is 0 Å². The normalized spacial score (nSPS) is 23.0. The van der Waals surface area contributed by atoms with Crippen LogP contribution < -0.4 is 10.1 Å². The van der Waals surface area contributed by atoms with E-state index in [1.807, 2.05) is 25.4 Å². The molecule has 1 saturated carbocycles. The van der Waals surface area contributed by atoms with E-state index in [2.05, 4.69) is 22.5 Å². The Bertz CT molecular complexity index is 693. The summed E-state index contributed by atoms with van der Waals surface area (Å²) in [5.74, 6) is 0.992. The molecule has 0 amide bonds. The third-order valence-corrected chi connectivity index (χ3v) is 5.13. The highest BCUT2D eigenvalue weighted by Crippen LogP contribution is 2.48.